The summed E-state index contributed by atoms with van der Waals surface area (Å²) in [5.41, 5.74) is 5.06. The summed E-state index contributed by atoms with van der Waals surface area (Å²) in [7, 11) is 0. The number of fused-ring (bicyclic) bond motifs is 1. The number of nitrogens with zero attached hydrogens (tertiary/aromatic N) is 1. The van der Waals surface area contributed by atoms with E-state index in [-0.39, 0.29) is 24.7 Å². The standard InChI is InChI=1S/C19H17IN4O2/c20-14-5-7-15(8-6-14)23-18(25)9-10-19(26)24-22-12-13-11-21-17-4-2-1-3-16(13)17/h1-8,11-12,21H,9-10H2,(H,23,25)(H,24,26)/b22-12+. The number of hydrogen-bond donors (Lipinski definition) is 3. The molecule has 0 fully saturated rings. The number of hydrazone groups is 1. The van der Waals surface area contributed by atoms with Crippen LogP contribution in [0.3, 0.4) is 0 Å². The fraction of sp³-hybridized carbons (Fsp3) is 0.105. The second-order valence-electron chi connectivity index (χ2n) is 5.64. The number of benzene rings is 2. The molecule has 132 valence electrons. The summed E-state index contributed by atoms with van der Waals surface area (Å²) in [6.07, 6.45) is 3.58. The molecule has 0 saturated heterocycles. The number of anilines is 1. The molecule has 0 aliphatic rings. The zero-order valence-electron chi connectivity index (χ0n) is 13.8. The summed E-state index contributed by atoms with van der Waals surface area (Å²) in [5, 5.41) is 7.75. The molecule has 3 aromatic rings. The van der Waals surface area contributed by atoms with Gasteiger partial charge in [-0.3, -0.25) is 9.59 Å². The largest absolute Gasteiger partial charge is 0.361 e. The van der Waals surface area contributed by atoms with Gasteiger partial charge in [-0.15, -0.1) is 0 Å². The number of hydrogen-bond acceptors (Lipinski definition) is 3. The Hall–Kier alpha value is -2.68. The van der Waals surface area contributed by atoms with Gasteiger partial charge in [0.05, 0.1) is 6.21 Å². The van der Waals surface area contributed by atoms with E-state index >= 15 is 0 Å². The van der Waals surface area contributed by atoms with Crippen molar-refractivity contribution in [2.75, 3.05) is 5.32 Å². The highest BCUT2D eigenvalue weighted by atomic mass is 127. The molecule has 0 spiro atoms. The maximum absolute atomic E-state index is 11.9. The second kappa shape index (κ2) is 8.61. The Morgan fingerprint density at radius 2 is 1.77 bits per heavy atom. The number of rotatable bonds is 6. The molecule has 0 aliphatic heterocycles. The van der Waals surface area contributed by atoms with Gasteiger partial charge in [-0.1, -0.05) is 18.2 Å². The van der Waals surface area contributed by atoms with Crippen LogP contribution >= 0.6 is 22.6 Å². The molecule has 3 N–H and O–H groups in total. The van der Waals surface area contributed by atoms with Gasteiger partial charge < -0.3 is 10.3 Å². The van der Waals surface area contributed by atoms with Crippen LogP contribution in [0.15, 0.2) is 59.8 Å². The maximum Gasteiger partial charge on any atom is 0.240 e. The number of aromatic nitrogens is 1. The molecule has 0 bridgehead atoms. The van der Waals surface area contributed by atoms with Crippen molar-refractivity contribution in [2.45, 2.75) is 12.8 Å². The lowest BCUT2D eigenvalue weighted by atomic mass is 10.2. The third-order valence-electron chi connectivity index (χ3n) is 3.72. The lowest BCUT2D eigenvalue weighted by Gasteiger charge is -2.04. The Morgan fingerprint density at radius 1 is 1.04 bits per heavy atom. The average Bonchev–Trinajstić information content (AvgIpc) is 3.05. The van der Waals surface area contributed by atoms with Gasteiger partial charge in [-0.25, -0.2) is 5.43 Å². The van der Waals surface area contributed by atoms with Gasteiger partial charge in [0.25, 0.3) is 0 Å². The summed E-state index contributed by atoms with van der Waals surface area (Å²) >= 11 is 2.20. The van der Waals surface area contributed by atoms with Crippen molar-refractivity contribution >= 4 is 57.2 Å². The van der Waals surface area contributed by atoms with Crippen LogP contribution in [0.25, 0.3) is 10.9 Å². The van der Waals surface area contributed by atoms with Crippen molar-refractivity contribution < 1.29 is 9.59 Å². The number of halogens is 1. The number of nitrogens with one attached hydrogen (secondary N) is 3. The number of carbonyl (C=O) groups is 2. The topological polar surface area (TPSA) is 86.3 Å². The first-order valence-corrected chi connectivity index (χ1v) is 9.13. The molecule has 0 aliphatic carbocycles. The summed E-state index contributed by atoms with van der Waals surface area (Å²) in [6, 6.07) is 15.3. The van der Waals surface area contributed by atoms with Gasteiger partial charge in [-0.05, 0) is 52.9 Å². The highest BCUT2D eigenvalue weighted by Crippen LogP contribution is 2.15. The van der Waals surface area contributed by atoms with Crippen LogP contribution in [-0.4, -0.2) is 23.0 Å². The first-order chi connectivity index (χ1) is 12.6. The van der Waals surface area contributed by atoms with Crippen LogP contribution in [0.5, 0.6) is 0 Å². The van der Waals surface area contributed by atoms with Crippen molar-refractivity contribution in [1.82, 2.24) is 10.4 Å². The maximum atomic E-state index is 11.9. The van der Waals surface area contributed by atoms with Gasteiger partial charge in [0, 0.05) is 44.8 Å². The summed E-state index contributed by atoms with van der Waals surface area (Å²) < 4.78 is 1.09. The van der Waals surface area contributed by atoms with Crippen molar-refractivity contribution in [3.8, 4) is 0 Å². The zero-order chi connectivity index (χ0) is 18.4. The van der Waals surface area contributed by atoms with Crippen LogP contribution in [0.4, 0.5) is 5.69 Å². The Labute approximate surface area is 164 Å². The normalized spacial score (nSPS) is 11.0. The molecule has 1 aromatic heterocycles. The summed E-state index contributed by atoms with van der Waals surface area (Å²) in [5.74, 6) is -0.513. The lowest BCUT2D eigenvalue weighted by molar-refractivity contribution is -0.124. The monoisotopic (exact) mass is 460 g/mol. The molecule has 3 rings (SSSR count). The minimum Gasteiger partial charge on any atom is -0.361 e. The number of para-hydroxylation sites is 1. The lowest BCUT2D eigenvalue weighted by Crippen LogP contribution is -2.20. The fourth-order valence-electron chi connectivity index (χ4n) is 2.41. The third-order valence-corrected chi connectivity index (χ3v) is 4.44. The number of H-pyrrole nitrogens is 1. The van der Waals surface area contributed by atoms with E-state index in [0.717, 1.165) is 20.0 Å². The molecule has 6 nitrogen and oxygen atoms in total. The molecule has 0 saturated carbocycles. The van der Waals surface area contributed by atoms with Crippen molar-refractivity contribution in [2.24, 2.45) is 5.10 Å². The van der Waals surface area contributed by atoms with Crippen LogP contribution in [0, 0.1) is 3.57 Å². The first kappa shape index (κ1) is 18.1. The highest BCUT2D eigenvalue weighted by Gasteiger charge is 2.07. The highest BCUT2D eigenvalue weighted by molar-refractivity contribution is 14.1. The third kappa shape index (κ3) is 4.92. The van der Waals surface area contributed by atoms with E-state index < -0.39 is 0 Å². The Morgan fingerprint density at radius 3 is 2.58 bits per heavy atom. The van der Waals surface area contributed by atoms with E-state index in [1.54, 1.807) is 6.21 Å². The second-order valence-corrected chi connectivity index (χ2v) is 6.88. The smallest absolute Gasteiger partial charge is 0.240 e. The molecule has 0 unspecified atom stereocenters. The van der Waals surface area contributed by atoms with Crippen molar-refractivity contribution in [1.29, 1.82) is 0 Å². The minimum absolute atomic E-state index is 0.0709. The summed E-state index contributed by atoms with van der Waals surface area (Å²) in [6.45, 7) is 0. The van der Waals surface area contributed by atoms with E-state index in [4.69, 9.17) is 0 Å². The molecular weight excluding hydrogens is 443 g/mol. The zero-order valence-corrected chi connectivity index (χ0v) is 16.0. The number of carbonyl (C=O) groups excluding carboxylic acids is 2. The van der Waals surface area contributed by atoms with Gasteiger partial charge in [0.15, 0.2) is 0 Å². The van der Waals surface area contributed by atoms with Crippen LogP contribution < -0.4 is 10.7 Å². The molecule has 2 aromatic carbocycles. The molecule has 26 heavy (non-hydrogen) atoms. The quantitative estimate of drug-likeness (QED) is 0.298. The van der Waals surface area contributed by atoms with Crippen LogP contribution in [-0.2, 0) is 9.59 Å². The summed E-state index contributed by atoms with van der Waals surface area (Å²) in [4.78, 5) is 26.8. The van der Waals surface area contributed by atoms with E-state index in [0.29, 0.717) is 5.69 Å². The van der Waals surface area contributed by atoms with Gasteiger partial charge in [0.2, 0.25) is 11.8 Å². The molecular formula is C19H17IN4O2. The predicted molar refractivity (Wildman–Crippen MR) is 111 cm³/mol. The Balaban J connectivity index is 1.45. The number of aromatic amines is 1. The van der Waals surface area contributed by atoms with E-state index in [1.165, 1.54) is 0 Å². The molecule has 2 amide bonds. The molecule has 0 radical (unpaired) electrons. The molecule has 1 heterocycles. The first-order valence-electron chi connectivity index (χ1n) is 8.05. The minimum atomic E-state index is -0.307. The van der Waals surface area contributed by atoms with E-state index in [9.17, 15) is 9.59 Å². The molecule has 7 heteroatoms. The van der Waals surface area contributed by atoms with Crippen LogP contribution in [0.2, 0.25) is 0 Å². The van der Waals surface area contributed by atoms with E-state index in [2.05, 4.69) is 43.4 Å². The Kier molecular flexibility index (Phi) is 6.00. The van der Waals surface area contributed by atoms with Crippen molar-refractivity contribution in [3.63, 3.8) is 0 Å². The van der Waals surface area contributed by atoms with Gasteiger partial charge >= 0.3 is 0 Å². The average molecular weight is 460 g/mol. The van der Waals surface area contributed by atoms with Crippen molar-refractivity contribution in [3.05, 3.63) is 63.9 Å². The van der Waals surface area contributed by atoms with Gasteiger partial charge in [0.1, 0.15) is 0 Å². The predicted octanol–water partition coefficient (Wildman–Crippen LogP) is 3.64. The number of amides is 2. The van der Waals surface area contributed by atoms with Gasteiger partial charge in [-0.2, -0.15) is 5.10 Å². The van der Waals surface area contributed by atoms with E-state index in [1.807, 2.05) is 54.7 Å². The SMILES string of the molecule is O=C(CCC(=O)Nc1ccc(I)cc1)N/N=C/c1c[nH]c2ccccc12. The van der Waals surface area contributed by atoms with Crippen LogP contribution in [0.1, 0.15) is 18.4 Å². The molecule has 0 atom stereocenters. The fourth-order valence-corrected chi connectivity index (χ4v) is 2.77. The Bertz CT molecular complexity index is 948.